The Labute approximate surface area is 96.6 Å². The summed E-state index contributed by atoms with van der Waals surface area (Å²) in [6, 6.07) is 3.64. The lowest BCUT2D eigenvalue weighted by Gasteiger charge is -2.14. The third kappa shape index (κ3) is 3.45. The van der Waals surface area contributed by atoms with E-state index < -0.39 is 17.6 Å². The molecule has 1 N–H and O–H groups in total. The van der Waals surface area contributed by atoms with Crippen molar-refractivity contribution in [2.45, 2.75) is 13.1 Å². The molecule has 0 aliphatic rings. The monoisotopic (exact) mass is 247 g/mol. The molecule has 1 aromatic carbocycles. The zero-order valence-electron chi connectivity index (χ0n) is 9.39. The Morgan fingerprint density at radius 1 is 1.41 bits per heavy atom. The third-order valence-electron chi connectivity index (χ3n) is 2.19. The molecule has 1 amide bonds. The SMILES string of the molecule is COCC(=O)Nc1cccc(C(F)(F)F)c1C. The second-order valence-electron chi connectivity index (χ2n) is 3.46. The largest absolute Gasteiger partial charge is 0.416 e. The zero-order chi connectivity index (χ0) is 13.1. The van der Waals surface area contributed by atoms with Gasteiger partial charge in [-0.3, -0.25) is 4.79 Å². The lowest BCUT2D eigenvalue weighted by Crippen LogP contribution is -2.19. The highest BCUT2D eigenvalue weighted by molar-refractivity contribution is 5.92. The minimum atomic E-state index is -4.42. The van der Waals surface area contributed by atoms with Crippen LogP contribution < -0.4 is 5.32 Å². The van der Waals surface area contributed by atoms with E-state index in [1.54, 1.807) is 0 Å². The van der Waals surface area contributed by atoms with Gasteiger partial charge in [0.25, 0.3) is 0 Å². The van der Waals surface area contributed by atoms with E-state index in [1.165, 1.54) is 26.2 Å². The van der Waals surface area contributed by atoms with Crippen LogP contribution >= 0.6 is 0 Å². The fraction of sp³-hybridized carbons (Fsp3) is 0.364. The summed E-state index contributed by atoms with van der Waals surface area (Å²) < 4.78 is 42.3. The number of halogens is 3. The maximum absolute atomic E-state index is 12.6. The number of alkyl halides is 3. The van der Waals surface area contributed by atoms with Crippen LogP contribution in [0.5, 0.6) is 0 Å². The molecule has 0 spiro atoms. The molecule has 0 aliphatic carbocycles. The van der Waals surface area contributed by atoms with Gasteiger partial charge in [0.2, 0.25) is 5.91 Å². The lowest BCUT2D eigenvalue weighted by molar-refractivity contribution is -0.138. The molecule has 3 nitrogen and oxygen atoms in total. The maximum atomic E-state index is 12.6. The summed E-state index contributed by atoms with van der Waals surface area (Å²) in [4.78, 5) is 11.2. The number of methoxy groups -OCH3 is 1. The number of benzene rings is 1. The first-order valence-electron chi connectivity index (χ1n) is 4.82. The quantitative estimate of drug-likeness (QED) is 0.891. The fourth-order valence-corrected chi connectivity index (χ4v) is 1.40. The Balaban J connectivity index is 2.99. The molecule has 0 saturated heterocycles. The van der Waals surface area contributed by atoms with E-state index in [9.17, 15) is 18.0 Å². The Hall–Kier alpha value is -1.56. The van der Waals surface area contributed by atoms with Crippen molar-refractivity contribution in [1.29, 1.82) is 0 Å². The van der Waals surface area contributed by atoms with Gasteiger partial charge in [-0.15, -0.1) is 0 Å². The third-order valence-corrected chi connectivity index (χ3v) is 2.19. The van der Waals surface area contributed by atoms with Crippen LogP contribution in [-0.4, -0.2) is 19.6 Å². The highest BCUT2D eigenvalue weighted by Crippen LogP contribution is 2.34. The van der Waals surface area contributed by atoms with Gasteiger partial charge < -0.3 is 10.1 Å². The molecule has 0 saturated carbocycles. The normalized spacial score (nSPS) is 11.4. The van der Waals surface area contributed by atoms with E-state index in [0.717, 1.165) is 6.07 Å². The average molecular weight is 247 g/mol. The second-order valence-corrected chi connectivity index (χ2v) is 3.46. The number of hydrogen-bond donors (Lipinski definition) is 1. The second kappa shape index (κ2) is 5.18. The standard InChI is InChI=1S/C11H12F3NO2/c1-7-8(11(12,13)14)4-3-5-9(7)15-10(16)6-17-2/h3-5H,6H2,1-2H3,(H,15,16). The van der Waals surface area contributed by atoms with Crippen LogP contribution in [0.4, 0.5) is 18.9 Å². The van der Waals surface area contributed by atoms with Gasteiger partial charge in [0.15, 0.2) is 0 Å². The van der Waals surface area contributed by atoms with Crippen LogP contribution in [0, 0.1) is 6.92 Å². The number of carbonyl (C=O) groups excluding carboxylic acids is 1. The number of anilines is 1. The molecule has 94 valence electrons. The molecule has 0 aromatic heterocycles. The molecule has 1 aromatic rings. The number of carbonyl (C=O) groups is 1. The van der Waals surface area contributed by atoms with Gasteiger partial charge >= 0.3 is 6.18 Å². The van der Waals surface area contributed by atoms with E-state index in [0.29, 0.717) is 0 Å². The maximum Gasteiger partial charge on any atom is 0.416 e. The summed E-state index contributed by atoms with van der Waals surface area (Å²) in [5.74, 6) is -0.491. The van der Waals surface area contributed by atoms with Gasteiger partial charge in [-0.25, -0.2) is 0 Å². The van der Waals surface area contributed by atoms with Crippen LogP contribution in [-0.2, 0) is 15.7 Å². The number of ether oxygens (including phenoxy) is 1. The van der Waals surface area contributed by atoms with Crippen LogP contribution in [0.25, 0.3) is 0 Å². The van der Waals surface area contributed by atoms with E-state index in [2.05, 4.69) is 10.1 Å². The molecule has 0 fully saturated rings. The molecule has 1 rings (SSSR count). The van der Waals surface area contributed by atoms with Crippen molar-refractivity contribution in [3.05, 3.63) is 29.3 Å². The van der Waals surface area contributed by atoms with Crippen molar-refractivity contribution in [2.75, 3.05) is 19.0 Å². The molecule has 6 heteroatoms. The molecular formula is C11H12F3NO2. The summed E-state index contributed by atoms with van der Waals surface area (Å²) in [6.45, 7) is 1.11. The smallest absolute Gasteiger partial charge is 0.375 e. The van der Waals surface area contributed by atoms with Crippen LogP contribution in [0.3, 0.4) is 0 Å². The van der Waals surface area contributed by atoms with Crippen molar-refractivity contribution in [3.8, 4) is 0 Å². The highest BCUT2D eigenvalue weighted by atomic mass is 19.4. The van der Waals surface area contributed by atoms with Gasteiger partial charge in [0, 0.05) is 12.8 Å². The molecule has 0 aliphatic heterocycles. The lowest BCUT2D eigenvalue weighted by atomic mass is 10.1. The van der Waals surface area contributed by atoms with Crippen molar-refractivity contribution < 1.29 is 22.7 Å². The van der Waals surface area contributed by atoms with Crippen LogP contribution in [0.1, 0.15) is 11.1 Å². The van der Waals surface area contributed by atoms with E-state index >= 15 is 0 Å². The van der Waals surface area contributed by atoms with E-state index in [4.69, 9.17) is 0 Å². The van der Waals surface area contributed by atoms with E-state index in [1.807, 2.05) is 0 Å². The summed E-state index contributed by atoms with van der Waals surface area (Å²) in [7, 11) is 1.33. The fourth-order valence-electron chi connectivity index (χ4n) is 1.40. The summed E-state index contributed by atoms with van der Waals surface area (Å²) in [5.41, 5.74) is -0.626. The summed E-state index contributed by atoms with van der Waals surface area (Å²) >= 11 is 0. The molecule has 0 atom stereocenters. The van der Waals surface area contributed by atoms with Gasteiger partial charge in [0.1, 0.15) is 6.61 Å². The van der Waals surface area contributed by atoms with Gasteiger partial charge in [-0.2, -0.15) is 13.2 Å². The Morgan fingerprint density at radius 2 is 2.06 bits per heavy atom. The Kier molecular flexibility index (Phi) is 4.11. The van der Waals surface area contributed by atoms with Crippen LogP contribution in [0.2, 0.25) is 0 Å². The minimum Gasteiger partial charge on any atom is -0.375 e. The van der Waals surface area contributed by atoms with Gasteiger partial charge in [0.05, 0.1) is 5.56 Å². The molecule has 0 bridgehead atoms. The molecule has 17 heavy (non-hydrogen) atoms. The van der Waals surface area contributed by atoms with Gasteiger partial charge in [-0.1, -0.05) is 6.07 Å². The molecule has 0 radical (unpaired) electrons. The molecule has 0 heterocycles. The average Bonchev–Trinajstić information content (AvgIpc) is 2.19. The minimum absolute atomic E-state index is 0.00977. The zero-order valence-corrected chi connectivity index (χ0v) is 9.39. The molecule has 0 unspecified atom stereocenters. The van der Waals surface area contributed by atoms with Crippen molar-refractivity contribution >= 4 is 11.6 Å². The topological polar surface area (TPSA) is 38.3 Å². The predicted molar refractivity (Wildman–Crippen MR) is 56.7 cm³/mol. The van der Waals surface area contributed by atoms with Crippen molar-refractivity contribution in [3.63, 3.8) is 0 Å². The number of rotatable bonds is 3. The van der Waals surface area contributed by atoms with Crippen LogP contribution in [0.15, 0.2) is 18.2 Å². The first-order chi connectivity index (χ1) is 7.86. The summed E-state index contributed by atoms with van der Waals surface area (Å²) in [6.07, 6.45) is -4.42. The molecular weight excluding hydrogens is 235 g/mol. The van der Waals surface area contributed by atoms with Crippen molar-refractivity contribution in [2.24, 2.45) is 0 Å². The predicted octanol–water partition coefficient (Wildman–Crippen LogP) is 2.60. The van der Waals surface area contributed by atoms with E-state index in [-0.39, 0.29) is 17.9 Å². The first-order valence-corrected chi connectivity index (χ1v) is 4.82. The number of amides is 1. The highest BCUT2D eigenvalue weighted by Gasteiger charge is 2.32. The van der Waals surface area contributed by atoms with Crippen molar-refractivity contribution in [1.82, 2.24) is 0 Å². The summed E-state index contributed by atoms with van der Waals surface area (Å²) in [5, 5.41) is 2.36. The Bertz CT molecular complexity index is 416. The Morgan fingerprint density at radius 3 is 2.59 bits per heavy atom. The number of hydrogen-bond acceptors (Lipinski definition) is 2. The number of nitrogens with one attached hydrogen (secondary N) is 1. The first kappa shape index (κ1) is 13.5. The van der Waals surface area contributed by atoms with Gasteiger partial charge in [-0.05, 0) is 24.6 Å².